The standard InChI is InChI=1S/C8H11NO3S/c1-9-4-6(8(10)11)3-7(5-9)13(2)12/h3,5H,4H2,1-2H3,(H,10,11). The topological polar surface area (TPSA) is 63.6 Å². The van der Waals surface area contributed by atoms with Crippen molar-refractivity contribution >= 4 is 17.1 Å². The number of carboxylic acid groups (broad SMARTS) is 1. The second kappa shape index (κ2) is 3.85. The number of carboxylic acids is 1. The van der Waals surface area contributed by atoms with Gasteiger partial charge in [-0.25, -0.2) is 4.79 Å². The molecule has 1 aliphatic heterocycles. The Morgan fingerprint density at radius 1 is 1.77 bits per heavy atom. The first-order valence-electron chi connectivity index (χ1n) is 3.70. The van der Waals surface area contributed by atoms with E-state index in [2.05, 4.69) is 0 Å². The molecule has 4 nitrogen and oxygen atoms in total. The fourth-order valence-corrected chi connectivity index (χ4v) is 1.71. The molecule has 0 bridgehead atoms. The number of hydrogen-bond acceptors (Lipinski definition) is 3. The Bertz CT molecular complexity index is 283. The molecule has 1 atom stereocenters. The number of rotatable bonds is 2. The van der Waals surface area contributed by atoms with Crippen molar-refractivity contribution in [2.24, 2.45) is 0 Å². The lowest BCUT2D eigenvalue weighted by Gasteiger charge is -2.20. The van der Waals surface area contributed by atoms with Gasteiger partial charge in [0.2, 0.25) is 0 Å². The zero-order valence-corrected chi connectivity index (χ0v) is 8.30. The van der Waals surface area contributed by atoms with Gasteiger partial charge in [0.05, 0.1) is 11.8 Å². The van der Waals surface area contributed by atoms with Gasteiger partial charge in [-0.1, -0.05) is 0 Å². The predicted octanol–water partition coefficient (Wildman–Crippen LogP) is 0.163. The van der Waals surface area contributed by atoms with Crippen LogP contribution in [0.2, 0.25) is 0 Å². The van der Waals surface area contributed by atoms with Crippen LogP contribution in [0.15, 0.2) is 22.8 Å². The Labute approximate surface area is 79.7 Å². The van der Waals surface area contributed by atoms with E-state index in [1.165, 1.54) is 12.3 Å². The van der Waals surface area contributed by atoms with Gasteiger partial charge < -0.3 is 14.6 Å². The van der Waals surface area contributed by atoms with E-state index < -0.39 is 17.1 Å². The van der Waals surface area contributed by atoms with Crippen LogP contribution in [0.4, 0.5) is 0 Å². The average molecular weight is 201 g/mol. The normalized spacial score (nSPS) is 19.2. The lowest BCUT2D eigenvalue weighted by Crippen LogP contribution is -2.24. The number of carbonyl (C=O) groups is 1. The summed E-state index contributed by atoms with van der Waals surface area (Å²) >= 11 is -1.13. The van der Waals surface area contributed by atoms with Crippen LogP contribution in [0.1, 0.15) is 0 Å². The van der Waals surface area contributed by atoms with Crippen molar-refractivity contribution in [2.75, 3.05) is 19.8 Å². The van der Waals surface area contributed by atoms with Crippen LogP contribution in [-0.2, 0) is 16.0 Å². The first-order valence-corrected chi connectivity index (χ1v) is 5.26. The van der Waals surface area contributed by atoms with Gasteiger partial charge in [-0.2, -0.15) is 0 Å². The van der Waals surface area contributed by atoms with Crippen molar-refractivity contribution < 1.29 is 14.5 Å². The Morgan fingerprint density at radius 3 is 2.85 bits per heavy atom. The highest BCUT2D eigenvalue weighted by Gasteiger charge is 2.19. The quantitative estimate of drug-likeness (QED) is 0.646. The smallest absolute Gasteiger partial charge is 0.333 e. The maximum absolute atomic E-state index is 11.1. The third-order valence-corrected chi connectivity index (χ3v) is 2.58. The van der Waals surface area contributed by atoms with E-state index in [9.17, 15) is 9.35 Å². The highest BCUT2D eigenvalue weighted by molar-refractivity contribution is 7.94. The summed E-state index contributed by atoms with van der Waals surface area (Å²) in [6.07, 6.45) is 4.70. The minimum absolute atomic E-state index is 0.273. The van der Waals surface area contributed by atoms with Gasteiger partial charge in [-0.05, 0) is 11.2 Å². The molecule has 5 heteroatoms. The van der Waals surface area contributed by atoms with Crippen molar-refractivity contribution in [3.05, 3.63) is 22.8 Å². The summed E-state index contributed by atoms with van der Waals surface area (Å²) < 4.78 is 11.1. The molecule has 0 amide bonds. The van der Waals surface area contributed by atoms with E-state index >= 15 is 0 Å². The van der Waals surface area contributed by atoms with Gasteiger partial charge in [-0.3, -0.25) is 0 Å². The zero-order valence-electron chi connectivity index (χ0n) is 7.48. The second-order valence-electron chi connectivity index (χ2n) is 2.88. The molecule has 0 saturated heterocycles. The Kier molecular flexibility index (Phi) is 3.00. The van der Waals surface area contributed by atoms with Crippen molar-refractivity contribution in [2.45, 2.75) is 0 Å². The van der Waals surface area contributed by atoms with Gasteiger partial charge in [0.15, 0.2) is 4.91 Å². The molecule has 72 valence electrons. The van der Waals surface area contributed by atoms with Crippen molar-refractivity contribution in [1.82, 2.24) is 4.90 Å². The lowest BCUT2D eigenvalue weighted by molar-refractivity contribution is -0.132. The van der Waals surface area contributed by atoms with Gasteiger partial charge >= 0.3 is 5.97 Å². The number of nitrogens with zero attached hydrogens (tertiary/aromatic N) is 1. The Morgan fingerprint density at radius 2 is 2.38 bits per heavy atom. The molecule has 1 heterocycles. The molecular weight excluding hydrogens is 190 g/mol. The van der Waals surface area contributed by atoms with Crippen LogP contribution in [0.25, 0.3) is 0 Å². The molecule has 0 aromatic carbocycles. The van der Waals surface area contributed by atoms with E-state index in [0.29, 0.717) is 11.4 Å². The molecule has 0 saturated carbocycles. The number of allylic oxidation sites excluding steroid dienone is 1. The van der Waals surface area contributed by atoms with E-state index in [4.69, 9.17) is 5.11 Å². The largest absolute Gasteiger partial charge is 0.612 e. The fourth-order valence-electron chi connectivity index (χ4n) is 1.07. The predicted molar refractivity (Wildman–Crippen MR) is 50.5 cm³/mol. The molecule has 0 radical (unpaired) electrons. The minimum Gasteiger partial charge on any atom is -0.612 e. The van der Waals surface area contributed by atoms with Crippen molar-refractivity contribution in [1.29, 1.82) is 0 Å². The maximum atomic E-state index is 11.1. The highest BCUT2D eigenvalue weighted by Crippen LogP contribution is 2.16. The maximum Gasteiger partial charge on any atom is 0.333 e. The number of aliphatic carboxylic acids is 1. The summed E-state index contributed by atoms with van der Waals surface area (Å²) in [6.45, 7) is 0.357. The van der Waals surface area contributed by atoms with E-state index in [0.717, 1.165) is 0 Å². The zero-order chi connectivity index (χ0) is 10.0. The number of hydrogen-bond donors (Lipinski definition) is 1. The van der Waals surface area contributed by atoms with E-state index in [1.54, 1.807) is 18.1 Å². The first kappa shape index (κ1) is 10.1. The van der Waals surface area contributed by atoms with Crippen LogP contribution < -0.4 is 0 Å². The van der Waals surface area contributed by atoms with Crippen molar-refractivity contribution in [3.8, 4) is 0 Å². The summed E-state index contributed by atoms with van der Waals surface area (Å²) in [7, 11) is 1.75. The van der Waals surface area contributed by atoms with Gasteiger partial charge in [-0.15, -0.1) is 0 Å². The van der Waals surface area contributed by atoms with Gasteiger partial charge in [0, 0.05) is 19.7 Å². The fraction of sp³-hybridized carbons (Fsp3) is 0.375. The summed E-state index contributed by atoms with van der Waals surface area (Å²) in [5.74, 6) is -0.956. The molecule has 0 aromatic heterocycles. The molecule has 1 rings (SSSR count). The van der Waals surface area contributed by atoms with Crippen LogP contribution in [-0.4, -0.2) is 40.4 Å². The first-order chi connectivity index (χ1) is 6.00. The molecule has 1 unspecified atom stereocenters. The van der Waals surface area contributed by atoms with Crippen LogP contribution >= 0.6 is 0 Å². The van der Waals surface area contributed by atoms with Gasteiger partial charge in [0.1, 0.15) is 6.26 Å². The monoisotopic (exact) mass is 201 g/mol. The summed E-state index contributed by atoms with van der Waals surface area (Å²) in [6, 6.07) is 0. The third-order valence-electron chi connectivity index (χ3n) is 1.69. The SMILES string of the molecule is CN1C=C([S+](C)[O-])C=C(C(=O)O)C1. The van der Waals surface area contributed by atoms with Crippen LogP contribution in [0, 0.1) is 0 Å². The molecule has 0 aliphatic carbocycles. The third kappa shape index (κ3) is 2.50. The van der Waals surface area contributed by atoms with Gasteiger partial charge in [0.25, 0.3) is 0 Å². The Balaban J connectivity index is 2.91. The molecule has 1 aliphatic rings. The van der Waals surface area contributed by atoms with E-state index in [1.807, 2.05) is 0 Å². The lowest BCUT2D eigenvalue weighted by atomic mass is 10.2. The van der Waals surface area contributed by atoms with Crippen LogP contribution in [0.5, 0.6) is 0 Å². The number of likely N-dealkylation sites (N-methyl/N-ethyl adjacent to an activating group) is 1. The Hall–Kier alpha value is -0.940. The molecule has 13 heavy (non-hydrogen) atoms. The molecule has 0 aromatic rings. The summed E-state index contributed by atoms with van der Waals surface area (Å²) in [5.41, 5.74) is 0.273. The molecule has 0 spiro atoms. The van der Waals surface area contributed by atoms with E-state index in [-0.39, 0.29) is 5.57 Å². The second-order valence-corrected chi connectivity index (χ2v) is 4.26. The molecule has 0 fully saturated rings. The average Bonchev–Trinajstić information content (AvgIpc) is 2.03. The highest BCUT2D eigenvalue weighted by atomic mass is 32.2. The molecule has 1 N–H and O–H groups in total. The van der Waals surface area contributed by atoms with Crippen LogP contribution in [0.3, 0.4) is 0 Å². The van der Waals surface area contributed by atoms with Crippen molar-refractivity contribution in [3.63, 3.8) is 0 Å². The molecular formula is C8H11NO3S. The summed E-state index contributed by atoms with van der Waals surface area (Å²) in [4.78, 5) is 12.9. The summed E-state index contributed by atoms with van der Waals surface area (Å²) in [5, 5.41) is 8.73. The minimum atomic E-state index is -1.13.